The van der Waals surface area contributed by atoms with Gasteiger partial charge in [-0.3, -0.25) is 9.10 Å². The molecule has 1 atom stereocenters. The van der Waals surface area contributed by atoms with Gasteiger partial charge in [0.15, 0.2) is 0 Å². The van der Waals surface area contributed by atoms with Gasteiger partial charge >= 0.3 is 0 Å². The average molecular weight is 340 g/mol. The highest BCUT2D eigenvalue weighted by Crippen LogP contribution is 2.17. The van der Waals surface area contributed by atoms with E-state index in [2.05, 4.69) is 5.32 Å². The van der Waals surface area contributed by atoms with Gasteiger partial charge in [-0.25, -0.2) is 8.42 Å². The topological polar surface area (TPSA) is 75.7 Å². The standard InChI is InChI=1S/C16H24N2O4S/c1-23(20,21)18(14-7-3-2-4-8-14)11-5-10-16(19)17-13-15-9-6-12-22-15/h2-4,7-8,15H,5-6,9-13H2,1H3,(H,17,19)/t15-/m1/s1. The molecule has 2 rings (SSSR count). The minimum atomic E-state index is -3.36. The summed E-state index contributed by atoms with van der Waals surface area (Å²) < 4.78 is 30.6. The van der Waals surface area contributed by atoms with Crippen molar-refractivity contribution in [3.8, 4) is 0 Å². The molecule has 0 aromatic heterocycles. The molecule has 1 aromatic carbocycles. The molecule has 1 aromatic rings. The summed E-state index contributed by atoms with van der Waals surface area (Å²) in [6.45, 7) is 1.59. The number of nitrogens with one attached hydrogen (secondary N) is 1. The van der Waals surface area contributed by atoms with E-state index in [1.807, 2.05) is 6.07 Å². The van der Waals surface area contributed by atoms with Crippen molar-refractivity contribution in [2.45, 2.75) is 31.8 Å². The van der Waals surface area contributed by atoms with Crippen LogP contribution < -0.4 is 9.62 Å². The molecule has 0 bridgehead atoms. The van der Waals surface area contributed by atoms with E-state index in [4.69, 9.17) is 4.74 Å². The van der Waals surface area contributed by atoms with E-state index in [-0.39, 0.29) is 18.6 Å². The number of sulfonamides is 1. The van der Waals surface area contributed by atoms with Crippen LogP contribution in [0.3, 0.4) is 0 Å². The Morgan fingerprint density at radius 3 is 2.70 bits per heavy atom. The summed E-state index contributed by atoms with van der Waals surface area (Å²) in [5, 5.41) is 2.84. The average Bonchev–Trinajstić information content (AvgIpc) is 3.02. The lowest BCUT2D eigenvalue weighted by atomic mass is 10.2. The van der Waals surface area contributed by atoms with Crippen molar-refractivity contribution in [2.75, 3.05) is 30.3 Å². The molecule has 1 N–H and O–H groups in total. The monoisotopic (exact) mass is 340 g/mol. The molecule has 23 heavy (non-hydrogen) atoms. The summed E-state index contributed by atoms with van der Waals surface area (Å²) in [4.78, 5) is 11.8. The Morgan fingerprint density at radius 2 is 2.09 bits per heavy atom. The fourth-order valence-corrected chi connectivity index (χ4v) is 3.55. The lowest BCUT2D eigenvalue weighted by Crippen LogP contribution is -2.34. The SMILES string of the molecule is CS(=O)(=O)N(CCCC(=O)NC[C@H]1CCCO1)c1ccccc1. The molecule has 1 fully saturated rings. The lowest BCUT2D eigenvalue weighted by molar-refractivity contribution is -0.121. The van der Waals surface area contributed by atoms with Crippen molar-refractivity contribution in [1.29, 1.82) is 0 Å². The first-order chi connectivity index (χ1) is 11.0. The van der Waals surface area contributed by atoms with Gasteiger partial charge in [0, 0.05) is 26.1 Å². The maximum absolute atomic E-state index is 11.9. The molecule has 1 saturated heterocycles. The molecule has 0 unspecified atom stereocenters. The molecule has 0 spiro atoms. The van der Waals surface area contributed by atoms with Crippen molar-refractivity contribution in [3.63, 3.8) is 0 Å². The Bertz CT molecular complexity index is 598. The third kappa shape index (κ3) is 5.84. The Balaban J connectivity index is 1.79. The van der Waals surface area contributed by atoms with Crippen molar-refractivity contribution in [1.82, 2.24) is 5.32 Å². The Morgan fingerprint density at radius 1 is 1.35 bits per heavy atom. The number of anilines is 1. The van der Waals surface area contributed by atoms with Crippen LogP contribution in [-0.4, -0.2) is 46.4 Å². The third-order valence-corrected chi connectivity index (χ3v) is 4.95. The van der Waals surface area contributed by atoms with Crippen LogP contribution >= 0.6 is 0 Å². The first-order valence-corrected chi connectivity index (χ1v) is 9.73. The van der Waals surface area contributed by atoms with Crippen LogP contribution in [0.4, 0.5) is 5.69 Å². The van der Waals surface area contributed by atoms with E-state index in [9.17, 15) is 13.2 Å². The van der Waals surface area contributed by atoms with Gasteiger partial charge in [0.1, 0.15) is 0 Å². The molecule has 0 saturated carbocycles. The Hall–Kier alpha value is -1.60. The highest BCUT2D eigenvalue weighted by molar-refractivity contribution is 7.92. The zero-order valence-electron chi connectivity index (χ0n) is 13.4. The second-order valence-corrected chi connectivity index (χ2v) is 7.62. The summed E-state index contributed by atoms with van der Waals surface area (Å²) in [5.74, 6) is -0.0676. The largest absolute Gasteiger partial charge is 0.376 e. The first-order valence-electron chi connectivity index (χ1n) is 7.88. The highest BCUT2D eigenvalue weighted by Gasteiger charge is 2.18. The molecule has 1 amide bonds. The Labute approximate surface area is 137 Å². The molecule has 7 heteroatoms. The van der Waals surface area contributed by atoms with E-state index in [0.29, 0.717) is 25.1 Å². The highest BCUT2D eigenvalue weighted by atomic mass is 32.2. The third-order valence-electron chi connectivity index (χ3n) is 3.76. The number of hydrogen-bond donors (Lipinski definition) is 1. The van der Waals surface area contributed by atoms with Crippen molar-refractivity contribution in [3.05, 3.63) is 30.3 Å². The molecule has 1 aliphatic heterocycles. The zero-order valence-corrected chi connectivity index (χ0v) is 14.2. The van der Waals surface area contributed by atoms with Crippen LogP contribution in [0.5, 0.6) is 0 Å². The fourth-order valence-electron chi connectivity index (χ4n) is 2.59. The van der Waals surface area contributed by atoms with Crippen LogP contribution in [0.15, 0.2) is 30.3 Å². The summed E-state index contributed by atoms with van der Waals surface area (Å²) in [6, 6.07) is 8.92. The van der Waals surface area contributed by atoms with Crippen molar-refractivity contribution in [2.24, 2.45) is 0 Å². The van der Waals surface area contributed by atoms with Crippen LogP contribution in [0.1, 0.15) is 25.7 Å². The molecule has 1 heterocycles. The van der Waals surface area contributed by atoms with Crippen LogP contribution in [-0.2, 0) is 19.6 Å². The lowest BCUT2D eigenvalue weighted by Gasteiger charge is -2.22. The van der Waals surface area contributed by atoms with Crippen LogP contribution in [0.25, 0.3) is 0 Å². The number of amides is 1. The molecular weight excluding hydrogens is 316 g/mol. The van der Waals surface area contributed by atoms with Gasteiger partial charge in [0.2, 0.25) is 15.9 Å². The van der Waals surface area contributed by atoms with Gasteiger partial charge < -0.3 is 10.1 Å². The van der Waals surface area contributed by atoms with Gasteiger partial charge in [-0.15, -0.1) is 0 Å². The van der Waals surface area contributed by atoms with Crippen molar-refractivity contribution < 1.29 is 17.9 Å². The minimum absolute atomic E-state index is 0.0676. The number of carbonyl (C=O) groups excluding carboxylic acids is 1. The number of hydrogen-bond acceptors (Lipinski definition) is 4. The van der Waals surface area contributed by atoms with Gasteiger partial charge in [-0.1, -0.05) is 18.2 Å². The summed E-state index contributed by atoms with van der Waals surface area (Å²) in [5.41, 5.74) is 0.620. The van der Waals surface area contributed by atoms with Gasteiger partial charge in [0.05, 0.1) is 18.0 Å². The number of ether oxygens (including phenoxy) is 1. The number of nitrogens with zero attached hydrogens (tertiary/aromatic N) is 1. The van der Waals surface area contributed by atoms with E-state index < -0.39 is 10.0 Å². The predicted octanol–water partition coefficient (Wildman–Crippen LogP) is 1.53. The normalized spacial score (nSPS) is 17.9. The molecule has 6 nitrogen and oxygen atoms in total. The number of rotatable bonds is 8. The van der Waals surface area contributed by atoms with Gasteiger partial charge in [-0.2, -0.15) is 0 Å². The smallest absolute Gasteiger partial charge is 0.232 e. The number of carbonyl (C=O) groups is 1. The maximum atomic E-state index is 11.9. The second-order valence-electron chi connectivity index (χ2n) is 5.71. The van der Waals surface area contributed by atoms with Crippen molar-refractivity contribution >= 4 is 21.6 Å². The first kappa shape index (κ1) is 17.7. The summed E-state index contributed by atoms with van der Waals surface area (Å²) >= 11 is 0. The Kier molecular flexibility index (Phi) is 6.41. The van der Waals surface area contributed by atoms with Gasteiger partial charge in [0.25, 0.3) is 0 Å². The van der Waals surface area contributed by atoms with E-state index in [0.717, 1.165) is 19.4 Å². The van der Waals surface area contributed by atoms with Gasteiger partial charge in [-0.05, 0) is 31.4 Å². The fraction of sp³-hybridized carbons (Fsp3) is 0.562. The molecule has 0 radical (unpaired) electrons. The molecule has 128 valence electrons. The molecule has 0 aliphatic carbocycles. The summed E-state index contributed by atoms with van der Waals surface area (Å²) in [7, 11) is -3.36. The number of para-hydroxylation sites is 1. The predicted molar refractivity (Wildman–Crippen MR) is 89.8 cm³/mol. The van der Waals surface area contributed by atoms with E-state index in [1.54, 1.807) is 24.3 Å². The summed E-state index contributed by atoms with van der Waals surface area (Å²) in [6.07, 6.45) is 4.09. The molecule has 1 aliphatic rings. The quantitative estimate of drug-likeness (QED) is 0.779. The van der Waals surface area contributed by atoms with Crippen LogP contribution in [0, 0.1) is 0 Å². The zero-order chi connectivity index (χ0) is 16.7. The van der Waals surface area contributed by atoms with E-state index >= 15 is 0 Å². The molecular formula is C16H24N2O4S. The second kappa shape index (κ2) is 8.31. The van der Waals surface area contributed by atoms with Crippen LogP contribution in [0.2, 0.25) is 0 Å². The minimum Gasteiger partial charge on any atom is -0.376 e. The van der Waals surface area contributed by atoms with E-state index in [1.165, 1.54) is 10.6 Å². The number of benzene rings is 1. The maximum Gasteiger partial charge on any atom is 0.232 e.